The first kappa shape index (κ1) is 14.4. The number of anilines is 1. The van der Waals surface area contributed by atoms with Gasteiger partial charge in [0.2, 0.25) is 0 Å². The second-order valence-electron chi connectivity index (χ2n) is 4.73. The molecule has 0 aromatic carbocycles. The van der Waals surface area contributed by atoms with Crippen molar-refractivity contribution in [2.45, 2.75) is 33.6 Å². The van der Waals surface area contributed by atoms with Gasteiger partial charge in [0.25, 0.3) is 0 Å². The van der Waals surface area contributed by atoms with Crippen LogP contribution in [-0.4, -0.2) is 34.1 Å². The Labute approximate surface area is 108 Å². The van der Waals surface area contributed by atoms with Gasteiger partial charge in [-0.3, -0.25) is 4.79 Å². The van der Waals surface area contributed by atoms with E-state index in [0.29, 0.717) is 12.5 Å². The third-order valence-electron chi connectivity index (χ3n) is 2.89. The molecule has 18 heavy (non-hydrogen) atoms. The van der Waals surface area contributed by atoms with E-state index in [9.17, 15) is 4.79 Å². The van der Waals surface area contributed by atoms with Gasteiger partial charge in [-0.15, -0.1) is 0 Å². The highest BCUT2D eigenvalue weighted by molar-refractivity contribution is 5.70. The van der Waals surface area contributed by atoms with Gasteiger partial charge in [-0.05, 0) is 12.8 Å². The van der Waals surface area contributed by atoms with E-state index in [0.717, 1.165) is 18.1 Å². The lowest BCUT2D eigenvalue weighted by molar-refractivity contribution is -0.140. The van der Waals surface area contributed by atoms with Gasteiger partial charge < -0.3 is 10.0 Å². The second-order valence-corrected chi connectivity index (χ2v) is 4.73. The number of aromatic nitrogens is 2. The highest BCUT2D eigenvalue weighted by atomic mass is 16.4. The molecule has 0 saturated heterocycles. The number of carboxylic acids is 1. The molecule has 5 heteroatoms. The fourth-order valence-electron chi connectivity index (χ4n) is 1.64. The summed E-state index contributed by atoms with van der Waals surface area (Å²) in [4.78, 5) is 21.3. The van der Waals surface area contributed by atoms with Crippen LogP contribution in [-0.2, 0) is 4.79 Å². The van der Waals surface area contributed by atoms with E-state index in [1.54, 1.807) is 13.3 Å². The summed E-state index contributed by atoms with van der Waals surface area (Å²) in [7, 11) is 0. The average Bonchev–Trinajstić information content (AvgIpc) is 2.35. The van der Waals surface area contributed by atoms with Crippen molar-refractivity contribution in [3.05, 3.63) is 18.1 Å². The molecule has 0 fully saturated rings. The van der Waals surface area contributed by atoms with Crippen LogP contribution in [0.2, 0.25) is 0 Å². The van der Waals surface area contributed by atoms with Crippen LogP contribution in [0.1, 0.15) is 39.3 Å². The fourth-order valence-corrected chi connectivity index (χ4v) is 1.64. The maximum Gasteiger partial charge on any atom is 0.308 e. The molecule has 100 valence electrons. The molecule has 0 spiro atoms. The fraction of sp³-hybridized carbons (Fsp3) is 0.615. The van der Waals surface area contributed by atoms with Gasteiger partial charge in [0.05, 0.1) is 5.92 Å². The number of hydrogen-bond donors (Lipinski definition) is 1. The molecule has 0 radical (unpaired) electrons. The lowest BCUT2D eigenvalue weighted by atomic mass is 10.1. The number of carboxylic acid groups (broad SMARTS) is 1. The van der Waals surface area contributed by atoms with E-state index in [1.807, 2.05) is 17.9 Å². The van der Waals surface area contributed by atoms with E-state index in [-0.39, 0.29) is 0 Å². The van der Waals surface area contributed by atoms with Crippen molar-refractivity contribution in [3.63, 3.8) is 0 Å². The minimum atomic E-state index is -0.786. The summed E-state index contributed by atoms with van der Waals surface area (Å²) in [6.45, 7) is 9.03. The minimum absolute atomic E-state index is 0.336. The summed E-state index contributed by atoms with van der Waals surface area (Å²) < 4.78 is 0. The van der Waals surface area contributed by atoms with Gasteiger partial charge in [0.1, 0.15) is 12.1 Å². The highest BCUT2D eigenvalue weighted by Crippen LogP contribution is 2.17. The zero-order valence-electron chi connectivity index (χ0n) is 11.4. The van der Waals surface area contributed by atoms with Crippen LogP contribution in [0, 0.1) is 5.92 Å². The van der Waals surface area contributed by atoms with Crippen LogP contribution >= 0.6 is 0 Å². The molecule has 1 N–H and O–H groups in total. The lowest BCUT2D eigenvalue weighted by Crippen LogP contribution is -2.32. The van der Waals surface area contributed by atoms with Crippen LogP contribution < -0.4 is 4.90 Å². The van der Waals surface area contributed by atoms with Crippen molar-refractivity contribution >= 4 is 11.8 Å². The predicted molar refractivity (Wildman–Crippen MR) is 70.8 cm³/mol. The monoisotopic (exact) mass is 251 g/mol. The van der Waals surface area contributed by atoms with E-state index in [4.69, 9.17) is 5.11 Å². The topological polar surface area (TPSA) is 66.3 Å². The van der Waals surface area contributed by atoms with Crippen LogP contribution in [0.15, 0.2) is 12.4 Å². The smallest absolute Gasteiger partial charge is 0.308 e. The maximum absolute atomic E-state index is 10.9. The van der Waals surface area contributed by atoms with Crippen molar-refractivity contribution in [2.75, 3.05) is 18.0 Å². The first-order chi connectivity index (χ1) is 8.45. The Bertz CT molecular complexity index is 407. The molecule has 1 rings (SSSR count). The highest BCUT2D eigenvalue weighted by Gasteiger charge is 2.17. The Morgan fingerprint density at radius 2 is 2.06 bits per heavy atom. The molecule has 0 saturated carbocycles. The van der Waals surface area contributed by atoms with E-state index < -0.39 is 11.9 Å². The molecule has 5 nitrogen and oxygen atoms in total. The Hall–Kier alpha value is -1.65. The standard InChI is InChI=1S/C13H21N3O2/c1-5-16(7-10(4)13(17)18)12-6-11(9(2)3)14-8-15-12/h6,8-10H,5,7H2,1-4H3,(H,17,18). The largest absolute Gasteiger partial charge is 0.481 e. The molecule has 1 atom stereocenters. The Morgan fingerprint density at radius 1 is 1.39 bits per heavy atom. The Kier molecular flexibility index (Phi) is 5.07. The first-order valence-corrected chi connectivity index (χ1v) is 6.25. The van der Waals surface area contributed by atoms with E-state index >= 15 is 0 Å². The van der Waals surface area contributed by atoms with Crippen molar-refractivity contribution in [1.82, 2.24) is 9.97 Å². The summed E-state index contributed by atoms with van der Waals surface area (Å²) in [5.41, 5.74) is 0.974. The number of rotatable bonds is 6. The molecular formula is C13H21N3O2. The molecule has 0 aliphatic heterocycles. The Morgan fingerprint density at radius 3 is 2.56 bits per heavy atom. The summed E-state index contributed by atoms with van der Waals surface area (Å²) in [6.07, 6.45) is 1.54. The number of nitrogens with zero attached hydrogens (tertiary/aromatic N) is 3. The van der Waals surface area contributed by atoms with Gasteiger partial charge in [-0.25, -0.2) is 9.97 Å². The van der Waals surface area contributed by atoms with Crippen molar-refractivity contribution < 1.29 is 9.90 Å². The SMILES string of the molecule is CCN(CC(C)C(=O)O)c1cc(C(C)C)ncn1. The van der Waals surface area contributed by atoms with Gasteiger partial charge in [0.15, 0.2) is 0 Å². The molecule has 0 aliphatic carbocycles. The normalized spacial score (nSPS) is 12.5. The number of hydrogen-bond acceptors (Lipinski definition) is 4. The second kappa shape index (κ2) is 6.33. The van der Waals surface area contributed by atoms with Crippen LogP contribution in [0.4, 0.5) is 5.82 Å². The van der Waals surface area contributed by atoms with Crippen LogP contribution in [0.5, 0.6) is 0 Å². The van der Waals surface area contributed by atoms with Gasteiger partial charge in [-0.2, -0.15) is 0 Å². The number of aliphatic carboxylic acids is 1. The number of carbonyl (C=O) groups is 1. The van der Waals surface area contributed by atoms with Crippen LogP contribution in [0.3, 0.4) is 0 Å². The van der Waals surface area contributed by atoms with Crippen LogP contribution in [0.25, 0.3) is 0 Å². The van der Waals surface area contributed by atoms with Gasteiger partial charge in [-0.1, -0.05) is 20.8 Å². The van der Waals surface area contributed by atoms with Crippen molar-refractivity contribution in [1.29, 1.82) is 0 Å². The zero-order chi connectivity index (χ0) is 13.7. The summed E-state index contributed by atoms with van der Waals surface area (Å²) in [6, 6.07) is 1.93. The summed E-state index contributed by atoms with van der Waals surface area (Å²) >= 11 is 0. The van der Waals surface area contributed by atoms with Gasteiger partial charge in [0, 0.05) is 24.8 Å². The molecule has 1 unspecified atom stereocenters. The van der Waals surface area contributed by atoms with Crippen molar-refractivity contribution in [3.8, 4) is 0 Å². The molecule has 1 heterocycles. The maximum atomic E-state index is 10.9. The zero-order valence-corrected chi connectivity index (χ0v) is 11.4. The van der Waals surface area contributed by atoms with Crippen molar-refractivity contribution in [2.24, 2.45) is 5.92 Å². The first-order valence-electron chi connectivity index (χ1n) is 6.25. The third-order valence-corrected chi connectivity index (χ3v) is 2.89. The molecule has 0 amide bonds. The van der Waals surface area contributed by atoms with E-state index in [1.165, 1.54) is 0 Å². The lowest BCUT2D eigenvalue weighted by Gasteiger charge is -2.24. The molecule has 1 aromatic heterocycles. The van der Waals surface area contributed by atoms with Gasteiger partial charge >= 0.3 is 5.97 Å². The molecule has 1 aromatic rings. The predicted octanol–water partition coefficient (Wildman–Crippen LogP) is 2.15. The summed E-state index contributed by atoms with van der Waals surface area (Å²) in [5.74, 6) is -0.0688. The minimum Gasteiger partial charge on any atom is -0.481 e. The summed E-state index contributed by atoms with van der Waals surface area (Å²) in [5, 5.41) is 8.96. The quantitative estimate of drug-likeness (QED) is 0.839. The molecule has 0 bridgehead atoms. The Balaban J connectivity index is 2.88. The van der Waals surface area contributed by atoms with E-state index in [2.05, 4.69) is 23.8 Å². The molecule has 0 aliphatic rings. The average molecular weight is 251 g/mol. The third kappa shape index (κ3) is 3.68. The molecular weight excluding hydrogens is 230 g/mol.